The number of rotatable bonds is 9. The molecule has 4 aromatic heterocycles. The van der Waals surface area contributed by atoms with Crippen molar-refractivity contribution in [1.29, 1.82) is 0 Å². The molecular weight excluding hydrogens is 408 g/mol. The number of aromatic nitrogens is 5. The number of hydrogen-bond donors (Lipinski definition) is 2. The van der Waals surface area contributed by atoms with E-state index < -0.39 is 0 Å². The van der Waals surface area contributed by atoms with Crippen LogP contribution in [0.25, 0.3) is 16.9 Å². The summed E-state index contributed by atoms with van der Waals surface area (Å²) in [5.41, 5.74) is 3.38. The van der Waals surface area contributed by atoms with Crippen LogP contribution in [-0.4, -0.2) is 54.6 Å². The molecule has 0 radical (unpaired) electrons. The Morgan fingerprint density at radius 2 is 1.97 bits per heavy atom. The van der Waals surface area contributed by atoms with E-state index in [4.69, 9.17) is 9.97 Å². The summed E-state index contributed by atoms with van der Waals surface area (Å²) in [7, 11) is 0. The molecule has 0 spiro atoms. The maximum absolute atomic E-state index is 4.75. The van der Waals surface area contributed by atoms with E-state index in [1.165, 1.54) is 0 Å². The second-order valence-corrected chi connectivity index (χ2v) is 8.66. The van der Waals surface area contributed by atoms with E-state index in [2.05, 4.69) is 64.6 Å². The molecule has 0 aliphatic rings. The van der Waals surface area contributed by atoms with Gasteiger partial charge in [0.05, 0.1) is 17.6 Å². The highest BCUT2D eigenvalue weighted by atomic mass is 32.1. The first-order valence-corrected chi connectivity index (χ1v) is 11.4. The number of nitrogens with zero attached hydrogens (tertiary/aromatic N) is 6. The summed E-state index contributed by atoms with van der Waals surface area (Å²) in [4.78, 5) is 20.7. The minimum Gasteiger partial charge on any atom is -0.367 e. The zero-order chi connectivity index (χ0) is 21.8. The molecule has 0 amide bonds. The number of nitrogens with one attached hydrogen (secondary N) is 2. The molecule has 2 N–H and O–H groups in total. The highest BCUT2D eigenvalue weighted by Gasteiger charge is 2.17. The summed E-state index contributed by atoms with van der Waals surface area (Å²) >= 11 is 1.64. The van der Waals surface area contributed by atoms with Crippen molar-refractivity contribution in [2.75, 3.05) is 23.7 Å². The van der Waals surface area contributed by atoms with Crippen LogP contribution in [0.2, 0.25) is 0 Å². The lowest BCUT2D eigenvalue weighted by atomic mass is 10.2. The predicted molar refractivity (Wildman–Crippen MR) is 128 cm³/mol. The Morgan fingerprint density at radius 1 is 1.13 bits per heavy atom. The molecule has 162 valence electrons. The van der Waals surface area contributed by atoms with E-state index in [1.54, 1.807) is 30.1 Å². The Labute approximate surface area is 186 Å². The average Bonchev–Trinajstić information content (AvgIpc) is 3.41. The van der Waals surface area contributed by atoms with Crippen LogP contribution in [0.4, 0.5) is 17.5 Å². The number of anilines is 3. The van der Waals surface area contributed by atoms with Gasteiger partial charge in [-0.2, -0.15) is 21.3 Å². The molecule has 0 unspecified atom stereocenters. The Kier molecular flexibility index (Phi) is 6.43. The van der Waals surface area contributed by atoms with Gasteiger partial charge in [-0.05, 0) is 51.3 Å². The molecule has 0 aliphatic heterocycles. The molecule has 0 fully saturated rings. The fourth-order valence-electron chi connectivity index (χ4n) is 3.64. The second-order valence-electron chi connectivity index (χ2n) is 7.88. The van der Waals surface area contributed by atoms with Gasteiger partial charge in [0.15, 0.2) is 17.0 Å². The SMILES string of the molecule is CC(C)N(CCNc1nc(Nc2cccnc2)nc2c1ncn2-c1ccsc1)C(C)C. The largest absolute Gasteiger partial charge is 0.367 e. The Bertz CT molecular complexity index is 1100. The van der Waals surface area contributed by atoms with Gasteiger partial charge in [-0.15, -0.1) is 0 Å². The van der Waals surface area contributed by atoms with E-state index in [0.717, 1.165) is 41.4 Å². The topological polar surface area (TPSA) is 83.8 Å². The molecular formula is C22H28N8S. The molecule has 0 aromatic carbocycles. The van der Waals surface area contributed by atoms with Gasteiger partial charge in [-0.3, -0.25) is 14.5 Å². The third kappa shape index (κ3) is 4.83. The summed E-state index contributed by atoms with van der Waals surface area (Å²) in [6.45, 7) is 10.6. The van der Waals surface area contributed by atoms with Crippen molar-refractivity contribution in [2.24, 2.45) is 0 Å². The van der Waals surface area contributed by atoms with Crippen molar-refractivity contribution in [3.63, 3.8) is 0 Å². The van der Waals surface area contributed by atoms with Gasteiger partial charge in [0.25, 0.3) is 0 Å². The average molecular weight is 437 g/mol. The zero-order valence-corrected chi connectivity index (χ0v) is 19.1. The van der Waals surface area contributed by atoms with Crippen LogP contribution in [-0.2, 0) is 0 Å². The van der Waals surface area contributed by atoms with Crippen molar-refractivity contribution in [3.8, 4) is 5.69 Å². The van der Waals surface area contributed by atoms with Gasteiger partial charge < -0.3 is 10.6 Å². The van der Waals surface area contributed by atoms with Crippen LogP contribution >= 0.6 is 11.3 Å². The third-order valence-corrected chi connectivity index (χ3v) is 5.76. The summed E-state index contributed by atoms with van der Waals surface area (Å²) < 4.78 is 1.99. The molecule has 4 aromatic rings. The molecule has 0 saturated carbocycles. The first-order chi connectivity index (χ1) is 15.0. The second kappa shape index (κ2) is 9.40. The lowest BCUT2D eigenvalue weighted by Crippen LogP contribution is -2.40. The monoisotopic (exact) mass is 436 g/mol. The fraction of sp³-hybridized carbons (Fsp3) is 0.364. The summed E-state index contributed by atoms with van der Waals surface area (Å²) in [6, 6.07) is 6.83. The zero-order valence-electron chi connectivity index (χ0n) is 18.3. The highest BCUT2D eigenvalue weighted by Crippen LogP contribution is 2.25. The van der Waals surface area contributed by atoms with E-state index >= 15 is 0 Å². The van der Waals surface area contributed by atoms with Crippen LogP contribution in [0.5, 0.6) is 0 Å². The number of hydrogen-bond acceptors (Lipinski definition) is 8. The number of imidazole rings is 1. The molecule has 8 nitrogen and oxygen atoms in total. The van der Waals surface area contributed by atoms with E-state index in [1.807, 2.05) is 22.1 Å². The Balaban J connectivity index is 1.66. The predicted octanol–water partition coefficient (Wildman–Crippen LogP) is 4.55. The van der Waals surface area contributed by atoms with E-state index in [9.17, 15) is 0 Å². The first-order valence-electron chi connectivity index (χ1n) is 10.5. The Morgan fingerprint density at radius 3 is 2.65 bits per heavy atom. The first kappa shape index (κ1) is 21.2. The van der Waals surface area contributed by atoms with Crippen LogP contribution in [0.15, 0.2) is 47.7 Å². The molecule has 0 aliphatic carbocycles. The van der Waals surface area contributed by atoms with Crippen molar-refractivity contribution in [2.45, 2.75) is 39.8 Å². The van der Waals surface area contributed by atoms with Crippen molar-refractivity contribution in [3.05, 3.63) is 47.7 Å². The van der Waals surface area contributed by atoms with Gasteiger partial charge in [0, 0.05) is 36.8 Å². The van der Waals surface area contributed by atoms with Gasteiger partial charge in [-0.25, -0.2) is 4.98 Å². The number of fused-ring (bicyclic) bond motifs is 1. The van der Waals surface area contributed by atoms with Crippen molar-refractivity contribution < 1.29 is 0 Å². The van der Waals surface area contributed by atoms with Gasteiger partial charge in [-0.1, -0.05) is 0 Å². The molecule has 0 atom stereocenters. The fourth-order valence-corrected chi connectivity index (χ4v) is 4.27. The summed E-state index contributed by atoms with van der Waals surface area (Å²) in [6.07, 6.45) is 5.29. The molecule has 4 rings (SSSR count). The van der Waals surface area contributed by atoms with Gasteiger partial charge in [0.2, 0.25) is 5.95 Å². The van der Waals surface area contributed by atoms with Crippen LogP contribution in [0.1, 0.15) is 27.7 Å². The lowest BCUT2D eigenvalue weighted by molar-refractivity contribution is 0.182. The standard InChI is InChI=1S/C22H28N8S/c1-15(2)29(16(3)4)10-9-24-20-19-21(30(14-25-19)18-7-11-31-13-18)28-22(27-20)26-17-6-5-8-23-12-17/h5-8,11-16H,9-10H2,1-4H3,(H2,24,26,27,28). The van der Waals surface area contributed by atoms with E-state index in [0.29, 0.717) is 18.0 Å². The molecule has 31 heavy (non-hydrogen) atoms. The van der Waals surface area contributed by atoms with Crippen molar-refractivity contribution in [1.82, 2.24) is 29.4 Å². The molecule has 4 heterocycles. The third-order valence-electron chi connectivity index (χ3n) is 5.09. The normalized spacial score (nSPS) is 11.7. The van der Waals surface area contributed by atoms with Gasteiger partial charge >= 0.3 is 0 Å². The maximum atomic E-state index is 4.75. The smallest absolute Gasteiger partial charge is 0.231 e. The Hall–Kier alpha value is -3.04. The lowest BCUT2D eigenvalue weighted by Gasteiger charge is -2.30. The number of thiophene rings is 1. The molecule has 0 bridgehead atoms. The van der Waals surface area contributed by atoms with Gasteiger partial charge in [0.1, 0.15) is 6.33 Å². The van der Waals surface area contributed by atoms with Crippen LogP contribution in [0, 0.1) is 0 Å². The highest BCUT2D eigenvalue weighted by molar-refractivity contribution is 7.08. The number of pyridine rings is 1. The van der Waals surface area contributed by atoms with Crippen molar-refractivity contribution >= 4 is 40.0 Å². The van der Waals surface area contributed by atoms with Crippen LogP contribution in [0.3, 0.4) is 0 Å². The van der Waals surface area contributed by atoms with Crippen LogP contribution < -0.4 is 10.6 Å². The summed E-state index contributed by atoms with van der Waals surface area (Å²) in [5.74, 6) is 1.22. The van der Waals surface area contributed by atoms with E-state index in [-0.39, 0.29) is 0 Å². The molecule has 0 saturated heterocycles. The molecule has 9 heteroatoms. The quantitative estimate of drug-likeness (QED) is 0.398. The minimum atomic E-state index is 0.479. The summed E-state index contributed by atoms with van der Waals surface area (Å²) in [5, 5.41) is 10.9. The maximum Gasteiger partial charge on any atom is 0.231 e. The minimum absolute atomic E-state index is 0.479.